The van der Waals surface area contributed by atoms with Crippen molar-refractivity contribution in [2.24, 2.45) is 10.7 Å². The Labute approximate surface area is 131 Å². The van der Waals surface area contributed by atoms with Crippen molar-refractivity contribution in [1.82, 2.24) is 9.88 Å². The molecule has 1 fully saturated rings. The third-order valence-corrected chi connectivity index (χ3v) is 3.15. The van der Waals surface area contributed by atoms with Crippen molar-refractivity contribution < 1.29 is 0 Å². The van der Waals surface area contributed by atoms with E-state index in [2.05, 4.69) is 14.9 Å². The number of pyridine rings is 1. The lowest BCUT2D eigenvalue weighted by atomic mass is 10.2. The highest BCUT2D eigenvalue weighted by atomic mass is 127. The van der Waals surface area contributed by atoms with Crippen molar-refractivity contribution in [3.63, 3.8) is 0 Å². The summed E-state index contributed by atoms with van der Waals surface area (Å²) < 4.78 is 0. The van der Waals surface area contributed by atoms with Crippen LogP contribution in [-0.4, -0.2) is 43.0 Å². The quantitative estimate of drug-likeness (QED) is 0.494. The Morgan fingerprint density at radius 1 is 1.42 bits per heavy atom. The fraction of sp³-hybridized carbons (Fsp3) is 0.538. The number of anilines is 1. The lowest BCUT2D eigenvalue weighted by Crippen LogP contribution is -2.35. The molecule has 0 amide bonds. The van der Waals surface area contributed by atoms with Crippen LogP contribution in [0.15, 0.2) is 23.3 Å². The van der Waals surface area contributed by atoms with Gasteiger partial charge in [-0.2, -0.15) is 0 Å². The molecule has 6 heteroatoms. The molecule has 0 spiro atoms. The highest BCUT2D eigenvalue weighted by Crippen LogP contribution is 2.24. The summed E-state index contributed by atoms with van der Waals surface area (Å²) in [5, 5.41) is 0. The van der Waals surface area contributed by atoms with E-state index in [1.807, 2.05) is 38.2 Å². The minimum Gasteiger partial charge on any atom is -0.370 e. The van der Waals surface area contributed by atoms with E-state index in [0.29, 0.717) is 18.5 Å². The highest BCUT2D eigenvalue weighted by molar-refractivity contribution is 14.0. The number of hydrogen-bond donors (Lipinski definition) is 1. The second-order valence-electron chi connectivity index (χ2n) is 4.93. The van der Waals surface area contributed by atoms with Crippen LogP contribution in [-0.2, 0) is 6.54 Å². The van der Waals surface area contributed by atoms with Crippen molar-refractivity contribution in [2.75, 3.05) is 26.0 Å². The van der Waals surface area contributed by atoms with Gasteiger partial charge in [-0.15, -0.1) is 24.0 Å². The SMILES string of the molecule is CN(C)c1cc(CN=C(N)N(C)C2CC2)ccn1.I. The predicted octanol–water partition coefficient (Wildman–Crippen LogP) is 1.67. The van der Waals surface area contributed by atoms with Gasteiger partial charge in [0.15, 0.2) is 5.96 Å². The Kier molecular flexibility index (Phi) is 5.84. The largest absolute Gasteiger partial charge is 0.370 e. The number of nitrogens with two attached hydrogens (primary N) is 1. The van der Waals surface area contributed by atoms with Crippen LogP contribution in [0.25, 0.3) is 0 Å². The molecule has 1 aromatic rings. The van der Waals surface area contributed by atoms with Crippen molar-refractivity contribution in [3.05, 3.63) is 23.9 Å². The van der Waals surface area contributed by atoms with Gasteiger partial charge in [-0.3, -0.25) is 0 Å². The monoisotopic (exact) mass is 375 g/mol. The summed E-state index contributed by atoms with van der Waals surface area (Å²) >= 11 is 0. The van der Waals surface area contributed by atoms with Crippen LogP contribution in [0.4, 0.5) is 5.82 Å². The van der Waals surface area contributed by atoms with Gasteiger partial charge in [-0.1, -0.05) is 0 Å². The molecule has 0 atom stereocenters. The average Bonchev–Trinajstić information content (AvgIpc) is 3.19. The average molecular weight is 375 g/mol. The van der Waals surface area contributed by atoms with Gasteiger partial charge < -0.3 is 15.5 Å². The maximum atomic E-state index is 5.95. The van der Waals surface area contributed by atoms with Gasteiger partial charge in [0.1, 0.15) is 5.82 Å². The number of aliphatic imine (C=N–C) groups is 1. The summed E-state index contributed by atoms with van der Waals surface area (Å²) in [7, 11) is 5.96. The van der Waals surface area contributed by atoms with Crippen LogP contribution >= 0.6 is 24.0 Å². The molecule has 1 aliphatic carbocycles. The second-order valence-corrected chi connectivity index (χ2v) is 4.93. The van der Waals surface area contributed by atoms with Gasteiger partial charge >= 0.3 is 0 Å². The molecule has 0 saturated heterocycles. The minimum absolute atomic E-state index is 0. The summed E-state index contributed by atoms with van der Waals surface area (Å²) in [5.74, 6) is 1.57. The minimum atomic E-state index is 0. The number of aromatic nitrogens is 1. The normalized spacial score (nSPS) is 14.8. The smallest absolute Gasteiger partial charge is 0.191 e. The van der Waals surface area contributed by atoms with Crippen molar-refractivity contribution >= 4 is 35.8 Å². The highest BCUT2D eigenvalue weighted by Gasteiger charge is 2.27. The maximum Gasteiger partial charge on any atom is 0.191 e. The fourth-order valence-electron chi connectivity index (χ4n) is 1.74. The first-order chi connectivity index (χ1) is 8.58. The molecule has 0 unspecified atom stereocenters. The lowest BCUT2D eigenvalue weighted by Gasteiger charge is -2.17. The molecule has 0 bridgehead atoms. The molecule has 0 radical (unpaired) electrons. The number of rotatable bonds is 4. The summed E-state index contributed by atoms with van der Waals surface area (Å²) in [6.45, 7) is 0.603. The van der Waals surface area contributed by atoms with Gasteiger partial charge in [0.2, 0.25) is 0 Å². The first kappa shape index (κ1) is 16.0. The van der Waals surface area contributed by atoms with Gasteiger partial charge in [0.25, 0.3) is 0 Å². The van der Waals surface area contributed by atoms with E-state index in [1.165, 1.54) is 12.8 Å². The molecular formula is C13H22IN5. The first-order valence-electron chi connectivity index (χ1n) is 6.23. The Balaban J connectivity index is 0.00000180. The Morgan fingerprint density at radius 2 is 2.11 bits per heavy atom. The Bertz CT molecular complexity index is 442. The van der Waals surface area contributed by atoms with Crippen LogP contribution < -0.4 is 10.6 Å². The molecule has 0 aliphatic heterocycles. The Hall–Kier alpha value is -1.05. The molecule has 2 rings (SSSR count). The van der Waals surface area contributed by atoms with E-state index in [9.17, 15) is 0 Å². The van der Waals surface area contributed by atoms with Gasteiger partial charge in [0.05, 0.1) is 6.54 Å². The molecular weight excluding hydrogens is 353 g/mol. The number of guanidine groups is 1. The molecule has 1 heterocycles. The zero-order valence-corrected chi connectivity index (χ0v) is 14.0. The lowest BCUT2D eigenvalue weighted by molar-refractivity contribution is 0.487. The van der Waals surface area contributed by atoms with E-state index in [-0.39, 0.29) is 24.0 Å². The van der Waals surface area contributed by atoms with Crippen LogP contribution in [0, 0.1) is 0 Å². The molecule has 5 nitrogen and oxygen atoms in total. The number of halogens is 1. The third-order valence-electron chi connectivity index (χ3n) is 3.15. The van der Waals surface area contributed by atoms with Gasteiger partial charge in [0, 0.05) is 33.4 Å². The topological polar surface area (TPSA) is 57.8 Å². The zero-order valence-electron chi connectivity index (χ0n) is 11.7. The molecule has 1 aromatic heterocycles. The third kappa shape index (κ3) is 4.52. The van der Waals surface area contributed by atoms with Crippen molar-refractivity contribution in [2.45, 2.75) is 25.4 Å². The molecule has 0 aromatic carbocycles. The standard InChI is InChI=1S/C13H21N5.HI/c1-17(2)12-8-10(6-7-15-12)9-16-13(14)18(3)11-4-5-11;/h6-8,11H,4-5,9H2,1-3H3,(H2,14,16);1H. The molecule has 19 heavy (non-hydrogen) atoms. The number of hydrogen-bond acceptors (Lipinski definition) is 3. The molecule has 106 valence electrons. The van der Waals surface area contributed by atoms with E-state index in [0.717, 1.165) is 11.4 Å². The summed E-state index contributed by atoms with van der Waals surface area (Å²) in [5.41, 5.74) is 7.08. The number of nitrogens with zero attached hydrogens (tertiary/aromatic N) is 4. The van der Waals surface area contributed by atoms with E-state index < -0.39 is 0 Å². The predicted molar refractivity (Wildman–Crippen MR) is 90.1 cm³/mol. The van der Waals surface area contributed by atoms with Gasteiger partial charge in [-0.05, 0) is 30.5 Å². The van der Waals surface area contributed by atoms with Crippen molar-refractivity contribution in [3.8, 4) is 0 Å². The molecule has 1 saturated carbocycles. The first-order valence-corrected chi connectivity index (χ1v) is 6.23. The second kappa shape index (κ2) is 6.93. The summed E-state index contributed by atoms with van der Waals surface area (Å²) in [6, 6.07) is 4.61. The molecule has 1 aliphatic rings. The van der Waals surface area contributed by atoms with Crippen LogP contribution in [0.1, 0.15) is 18.4 Å². The van der Waals surface area contributed by atoms with Crippen LogP contribution in [0.2, 0.25) is 0 Å². The fourth-order valence-corrected chi connectivity index (χ4v) is 1.74. The van der Waals surface area contributed by atoms with Crippen molar-refractivity contribution in [1.29, 1.82) is 0 Å². The van der Waals surface area contributed by atoms with Crippen LogP contribution in [0.5, 0.6) is 0 Å². The van der Waals surface area contributed by atoms with Crippen LogP contribution in [0.3, 0.4) is 0 Å². The summed E-state index contributed by atoms with van der Waals surface area (Å²) in [4.78, 5) is 12.7. The van der Waals surface area contributed by atoms with E-state index in [4.69, 9.17) is 5.73 Å². The van der Waals surface area contributed by atoms with E-state index >= 15 is 0 Å². The Morgan fingerprint density at radius 3 is 2.68 bits per heavy atom. The summed E-state index contributed by atoms with van der Waals surface area (Å²) in [6.07, 6.45) is 4.26. The van der Waals surface area contributed by atoms with Gasteiger partial charge in [-0.25, -0.2) is 9.98 Å². The maximum absolute atomic E-state index is 5.95. The zero-order chi connectivity index (χ0) is 13.1. The van der Waals surface area contributed by atoms with E-state index in [1.54, 1.807) is 6.20 Å². The molecule has 2 N–H and O–H groups in total.